The maximum absolute atomic E-state index is 12.2. The first-order valence-electron chi connectivity index (χ1n) is 9.55. The van der Waals surface area contributed by atoms with E-state index in [0.717, 1.165) is 16.7 Å². The fourth-order valence-electron chi connectivity index (χ4n) is 2.76. The zero-order valence-corrected chi connectivity index (χ0v) is 17.6. The summed E-state index contributed by atoms with van der Waals surface area (Å²) in [4.78, 5) is 18.9. The van der Waals surface area contributed by atoms with Gasteiger partial charge >= 0.3 is 0 Å². The quantitative estimate of drug-likeness (QED) is 0.519. The van der Waals surface area contributed by atoms with Crippen molar-refractivity contribution in [3.63, 3.8) is 0 Å². The molecule has 7 nitrogen and oxygen atoms in total. The standard InChI is InChI=1S/C21H26N4O3S/c1-16-5-7-17(8-6-16)14-19-23-21(29-24-19)25(11-13-27-2)10-9-20(26)22-15-18-4-3-12-28-18/h3-8,12H,9-11,13-15H2,1-2H3,(H,22,26). The fraction of sp³-hybridized carbons (Fsp3) is 0.381. The van der Waals surface area contributed by atoms with Crippen molar-refractivity contribution in [3.05, 3.63) is 65.4 Å². The molecule has 0 fully saturated rings. The van der Waals surface area contributed by atoms with Gasteiger partial charge in [-0.2, -0.15) is 4.37 Å². The molecule has 154 valence electrons. The Hall–Kier alpha value is -2.71. The van der Waals surface area contributed by atoms with Gasteiger partial charge in [0, 0.05) is 44.6 Å². The molecule has 1 N–H and O–H groups in total. The van der Waals surface area contributed by atoms with Crippen LogP contribution in [0.5, 0.6) is 0 Å². The van der Waals surface area contributed by atoms with Crippen molar-refractivity contribution in [1.29, 1.82) is 0 Å². The average Bonchev–Trinajstić information content (AvgIpc) is 3.40. The SMILES string of the molecule is COCCN(CCC(=O)NCc1ccco1)c1nc(Cc2ccc(C)cc2)ns1. The third-order valence-electron chi connectivity index (χ3n) is 4.42. The van der Waals surface area contributed by atoms with Gasteiger partial charge in [0.2, 0.25) is 11.0 Å². The van der Waals surface area contributed by atoms with Crippen LogP contribution in [-0.4, -0.2) is 42.1 Å². The van der Waals surface area contributed by atoms with Gasteiger partial charge in [-0.3, -0.25) is 4.79 Å². The molecular weight excluding hydrogens is 388 g/mol. The number of nitrogens with one attached hydrogen (secondary N) is 1. The lowest BCUT2D eigenvalue weighted by Crippen LogP contribution is -2.32. The molecule has 3 aromatic rings. The van der Waals surface area contributed by atoms with Crippen LogP contribution in [0.2, 0.25) is 0 Å². The van der Waals surface area contributed by atoms with E-state index in [2.05, 4.69) is 45.9 Å². The predicted octanol–water partition coefficient (Wildman–Crippen LogP) is 3.19. The van der Waals surface area contributed by atoms with Crippen molar-refractivity contribution >= 4 is 22.6 Å². The summed E-state index contributed by atoms with van der Waals surface area (Å²) in [6.07, 6.45) is 2.65. The number of amides is 1. The van der Waals surface area contributed by atoms with Crippen molar-refractivity contribution in [2.24, 2.45) is 0 Å². The molecule has 29 heavy (non-hydrogen) atoms. The molecule has 1 amide bonds. The normalized spacial score (nSPS) is 10.8. The number of anilines is 1. The molecule has 3 rings (SSSR count). The third kappa shape index (κ3) is 6.69. The van der Waals surface area contributed by atoms with Gasteiger partial charge in [-0.05, 0) is 24.6 Å². The number of ether oxygens (including phenoxy) is 1. The molecule has 0 atom stereocenters. The van der Waals surface area contributed by atoms with Crippen LogP contribution < -0.4 is 10.2 Å². The van der Waals surface area contributed by atoms with E-state index in [4.69, 9.17) is 9.15 Å². The minimum Gasteiger partial charge on any atom is -0.467 e. The molecule has 0 aliphatic carbocycles. The second kappa shape index (κ2) is 10.7. The first kappa shape index (κ1) is 21.0. The summed E-state index contributed by atoms with van der Waals surface area (Å²) in [5.74, 6) is 1.49. The number of rotatable bonds is 11. The van der Waals surface area contributed by atoms with Crippen LogP contribution in [0.3, 0.4) is 0 Å². The van der Waals surface area contributed by atoms with Crippen molar-refractivity contribution in [1.82, 2.24) is 14.7 Å². The molecule has 2 heterocycles. The number of hydrogen-bond donors (Lipinski definition) is 1. The Labute approximate surface area is 174 Å². The Morgan fingerprint density at radius 1 is 1.24 bits per heavy atom. The Morgan fingerprint density at radius 3 is 2.79 bits per heavy atom. The number of carbonyl (C=O) groups excluding carboxylic acids is 1. The lowest BCUT2D eigenvalue weighted by atomic mass is 10.1. The van der Waals surface area contributed by atoms with E-state index >= 15 is 0 Å². The van der Waals surface area contributed by atoms with Crippen LogP contribution in [-0.2, 0) is 22.5 Å². The van der Waals surface area contributed by atoms with Gasteiger partial charge in [-0.25, -0.2) is 4.98 Å². The average molecular weight is 415 g/mol. The zero-order chi connectivity index (χ0) is 20.5. The predicted molar refractivity (Wildman–Crippen MR) is 113 cm³/mol. The molecule has 0 aliphatic heterocycles. The van der Waals surface area contributed by atoms with Crippen LogP contribution in [0, 0.1) is 6.92 Å². The maximum atomic E-state index is 12.2. The van der Waals surface area contributed by atoms with Crippen molar-refractivity contribution in [2.45, 2.75) is 26.3 Å². The van der Waals surface area contributed by atoms with Gasteiger partial charge in [0.1, 0.15) is 11.6 Å². The van der Waals surface area contributed by atoms with Crippen LogP contribution in [0.4, 0.5) is 5.13 Å². The summed E-state index contributed by atoms with van der Waals surface area (Å²) in [6, 6.07) is 12.0. The second-order valence-corrected chi connectivity index (χ2v) is 7.47. The van der Waals surface area contributed by atoms with E-state index in [1.807, 2.05) is 11.0 Å². The van der Waals surface area contributed by atoms with E-state index in [1.165, 1.54) is 22.7 Å². The summed E-state index contributed by atoms with van der Waals surface area (Å²) in [5, 5.41) is 3.68. The van der Waals surface area contributed by atoms with Crippen LogP contribution in [0.15, 0.2) is 47.1 Å². The molecule has 8 heteroatoms. The number of aromatic nitrogens is 2. The minimum atomic E-state index is -0.0341. The van der Waals surface area contributed by atoms with Crippen LogP contribution in [0.25, 0.3) is 0 Å². The van der Waals surface area contributed by atoms with E-state index < -0.39 is 0 Å². The van der Waals surface area contributed by atoms with E-state index in [1.54, 1.807) is 19.4 Å². The fourth-order valence-corrected chi connectivity index (χ4v) is 3.50. The first-order chi connectivity index (χ1) is 14.1. The Morgan fingerprint density at radius 2 is 2.07 bits per heavy atom. The topological polar surface area (TPSA) is 80.5 Å². The van der Waals surface area contributed by atoms with Gasteiger partial charge in [-0.1, -0.05) is 29.8 Å². The molecule has 0 unspecified atom stereocenters. The third-order valence-corrected chi connectivity index (χ3v) is 5.24. The monoisotopic (exact) mass is 414 g/mol. The van der Waals surface area contributed by atoms with Gasteiger partial charge in [0.15, 0.2) is 0 Å². The first-order valence-corrected chi connectivity index (χ1v) is 10.3. The second-order valence-electron chi connectivity index (χ2n) is 6.74. The van der Waals surface area contributed by atoms with Gasteiger partial charge in [0.25, 0.3) is 0 Å². The largest absolute Gasteiger partial charge is 0.467 e. The van der Waals surface area contributed by atoms with E-state index in [0.29, 0.717) is 39.1 Å². The number of aryl methyl sites for hydroxylation is 1. The molecule has 1 aromatic carbocycles. The molecule has 0 bridgehead atoms. The molecule has 0 saturated heterocycles. The molecule has 0 saturated carbocycles. The molecule has 0 spiro atoms. The number of furan rings is 1. The van der Waals surface area contributed by atoms with Crippen LogP contribution >= 0.6 is 11.5 Å². The van der Waals surface area contributed by atoms with Gasteiger partial charge < -0.3 is 19.4 Å². The van der Waals surface area contributed by atoms with Gasteiger partial charge in [0.05, 0.1) is 19.4 Å². The van der Waals surface area contributed by atoms with Crippen LogP contribution in [0.1, 0.15) is 29.1 Å². The number of carbonyl (C=O) groups is 1. The number of hydrogen-bond acceptors (Lipinski definition) is 7. The maximum Gasteiger partial charge on any atom is 0.222 e. The number of benzene rings is 1. The minimum absolute atomic E-state index is 0.0341. The summed E-state index contributed by atoms with van der Waals surface area (Å²) in [6.45, 7) is 4.22. The lowest BCUT2D eigenvalue weighted by molar-refractivity contribution is -0.121. The Kier molecular flexibility index (Phi) is 7.77. The highest BCUT2D eigenvalue weighted by atomic mass is 32.1. The smallest absolute Gasteiger partial charge is 0.222 e. The molecular formula is C21H26N4O3S. The van der Waals surface area contributed by atoms with Gasteiger partial charge in [-0.15, -0.1) is 0 Å². The van der Waals surface area contributed by atoms with Crippen molar-refractivity contribution in [2.75, 3.05) is 31.7 Å². The van der Waals surface area contributed by atoms with Crippen molar-refractivity contribution in [3.8, 4) is 0 Å². The zero-order valence-electron chi connectivity index (χ0n) is 16.8. The van der Waals surface area contributed by atoms with E-state index in [9.17, 15) is 4.79 Å². The molecule has 0 radical (unpaired) electrons. The highest BCUT2D eigenvalue weighted by Crippen LogP contribution is 2.19. The summed E-state index contributed by atoms with van der Waals surface area (Å²) in [7, 11) is 1.66. The summed E-state index contributed by atoms with van der Waals surface area (Å²) >= 11 is 1.36. The highest BCUT2D eigenvalue weighted by Gasteiger charge is 2.15. The van der Waals surface area contributed by atoms with Crippen molar-refractivity contribution < 1.29 is 13.9 Å². The molecule has 2 aromatic heterocycles. The lowest BCUT2D eigenvalue weighted by Gasteiger charge is -2.20. The Bertz CT molecular complexity index is 878. The van der Waals surface area contributed by atoms with E-state index in [-0.39, 0.29) is 5.91 Å². The Balaban J connectivity index is 1.55. The molecule has 0 aliphatic rings. The number of methoxy groups -OCH3 is 1. The summed E-state index contributed by atoms with van der Waals surface area (Å²) < 4.78 is 14.9. The highest BCUT2D eigenvalue weighted by molar-refractivity contribution is 7.09. The number of nitrogens with zero attached hydrogens (tertiary/aromatic N) is 3. The summed E-state index contributed by atoms with van der Waals surface area (Å²) in [5.41, 5.74) is 2.41.